The van der Waals surface area contributed by atoms with Crippen LogP contribution < -0.4 is 4.90 Å². The Bertz CT molecular complexity index is 791. The molecule has 2 aliphatic carbocycles. The Hall–Kier alpha value is -1.95. The summed E-state index contributed by atoms with van der Waals surface area (Å²) in [6.07, 6.45) is 9.57. The van der Waals surface area contributed by atoms with Gasteiger partial charge in [0, 0.05) is 37.9 Å². The summed E-state index contributed by atoms with van der Waals surface area (Å²) in [4.78, 5) is 14.4. The quantitative estimate of drug-likeness (QED) is 0.850. The van der Waals surface area contributed by atoms with Crippen molar-refractivity contribution in [1.29, 1.82) is 0 Å². The van der Waals surface area contributed by atoms with Crippen LogP contribution in [0.2, 0.25) is 0 Å². The summed E-state index contributed by atoms with van der Waals surface area (Å²) in [6, 6.07) is 2.92. The molecule has 3 heterocycles. The molecule has 2 bridgehead atoms. The highest BCUT2D eigenvalue weighted by Gasteiger charge is 2.42. The minimum atomic E-state index is 0.809. The zero-order valence-electron chi connectivity index (χ0n) is 15.8. The molecule has 2 aromatic heterocycles. The summed E-state index contributed by atoms with van der Waals surface area (Å²) in [5.41, 5.74) is 2.10. The number of fused-ring (bicyclic) bond motifs is 2. The molecule has 3 atom stereocenters. The topological polar surface area (TPSA) is 50.1 Å². The fraction of sp³-hybridized carbons (Fsp3) is 0.650. The lowest BCUT2D eigenvalue weighted by Crippen LogP contribution is -2.52. The van der Waals surface area contributed by atoms with Gasteiger partial charge < -0.3 is 4.90 Å². The third-order valence-electron chi connectivity index (χ3n) is 6.64. The fourth-order valence-corrected chi connectivity index (χ4v) is 5.40. The van der Waals surface area contributed by atoms with Crippen molar-refractivity contribution in [3.05, 3.63) is 29.8 Å². The molecule has 5 rings (SSSR count). The lowest BCUT2D eigenvalue weighted by molar-refractivity contribution is 0.134. The number of anilines is 1. The van der Waals surface area contributed by atoms with E-state index in [1.54, 1.807) is 6.20 Å². The van der Waals surface area contributed by atoms with Crippen LogP contribution >= 0.6 is 0 Å². The second-order valence-electron chi connectivity index (χ2n) is 8.34. The smallest absolute Gasteiger partial charge is 0.174 e. The Morgan fingerprint density at radius 1 is 0.962 bits per heavy atom. The molecule has 6 nitrogen and oxygen atoms in total. The molecule has 138 valence electrons. The zero-order valence-corrected chi connectivity index (χ0v) is 15.8. The van der Waals surface area contributed by atoms with Crippen LogP contribution in [0.4, 0.5) is 5.82 Å². The Kier molecular flexibility index (Phi) is 3.96. The van der Waals surface area contributed by atoms with Gasteiger partial charge in [-0.05, 0) is 51.0 Å². The van der Waals surface area contributed by atoms with Crippen molar-refractivity contribution < 1.29 is 0 Å². The van der Waals surface area contributed by atoms with Gasteiger partial charge in [0.15, 0.2) is 5.82 Å². The van der Waals surface area contributed by atoms with Gasteiger partial charge in [-0.25, -0.2) is 9.67 Å². The van der Waals surface area contributed by atoms with Gasteiger partial charge in [-0.1, -0.05) is 6.42 Å². The predicted octanol–water partition coefficient (Wildman–Crippen LogP) is 2.59. The molecule has 0 N–H and O–H groups in total. The summed E-state index contributed by atoms with van der Waals surface area (Å²) in [5, 5.41) is 4.54. The first-order valence-corrected chi connectivity index (χ1v) is 10.0. The van der Waals surface area contributed by atoms with Crippen LogP contribution in [0.5, 0.6) is 0 Å². The second kappa shape index (κ2) is 6.34. The van der Waals surface area contributed by atoms with Crippen LogP contribution in [0.1, 0.15) is 37.1 Å². The first-order chi connectivity index (χ1) is 12.7. The standard InChI is InChI=1S/C20H28N6/c1-14-9-15(2)26(23-14)20-13-21-12-19(22-20)25-7-5-24(6-8-25)18-11-16-3-4-17(18)10-16/h9,12-13,16-18H,3-8,10-11H2,1-2H3. The molecule has 1 aliphatic heterocycles. The van der Waals surface area contributed by atoms with Gasteiger partial charge >= 0.3 is 0 Å². The molecule has 3 aliphatic rings. The average Bonchev–Trinajstić information content (AvgIpc) is 3.37. The maximum atomic E-state index is 4.85. The molecule has 0 amide bonds. The minimum Gasteiger partial charge on any atom is -0.353 e. The number of piperazine rings is 1. The van der Waals surface area contributed by atoms with Crippen molar-refractivity contribution in [2.45, 2.75) is 45.6 Å². The van der Waals surface area contributed by atoms with E-state index in [4.69, 9.17) is 4.98 Å². The normalized spacial score (nSPS) is 28.8. The zero-order chi connectivity index (χ0) is 17.7. The Labute approximate surface area is 155 Å². The maximum Gasteiger partial charge on any atom is 0.174 e. The van der Waals surface area contributed by atoms with Crippen molar-refractivity contribution in [3.8, 4) is 5.82 Å². The highest BCUT2D eigenvalue weighted by Crippen LogP contribution is 2.46. The first kappa shape index (κ1) is 16.2. The van der Waals surface area contributed by atoms with Crippen LogP contribution in [0.15, 0.2) is 18.5 Å². The Morgan fingerprint density at radius 3 is 2.42 bits per heavy atom. The fourth-order valence-electron chi connectivity index (χ4n) is 5.40. The summed E-state index contributed by atoms with van der Waals surface area (Å²) in [5.74, 6) is 3.78. The maximum absolute atomic E-state index is 4.85. The molecule has 1 saturated heterocycles. The molecule has 2 aromatic rings. The summed E-state index contributed by atoms with van der Waals surface area (Å²) in [6.45, 7) is 8.46. The van der Waals surface area contributed by atoms with E-state index in [2.05, 4.69) is 32.9 Å². The van der Waals surface area contributed by atoms with Crippen LogP contribution in [-0.4, -0.2) is 56.9 Å². The van der Waals surface area contributed by atoms with Crippen molar-refractivity contribution in [3.63, 3.8) is 0 Å². The van der Waals surface area contributed by atoms with Gasteiger partial charge in [-0.2, -0.15) is 5.10 Å². The van der Waals surface area contributed by atoms with Gasteiger partial charge in [0.1, 0.15) is 5.82 Å². The molecule has 6 heteroatoms. The lowest BCUT2D eigenvalue weighted by Gasteiger charge is -2.41. The number of rotatable bonds is 3. The largest absolute Gasteiger partial charge is 0.353 e. The first-order valence-electron chi connectivity index (χ1n) is 10.0. The monoisotopic (exact) mass is 352 g/mol. The van der Waals surface area contributed by atoms with E-state index in [0.717, 1.165) is 67.1 Å². The Balaban J connectivity index is 1.28. The van der Waals surface area contributed by atoms with Gasteiger partial charge in [0.25, 0.3) is 0 Å². The highest BCUT2D eigenvalue weighted by atomic mass is 15.4. The number of aromatic nitrogens is 4. The number of aryl methyl sites for hydroxylation is 2. The van der Waals surface area contributed by atoms with Gasteiger partial charge in [0.2, 0.25) is 0 Å². The molecule has 3 fully saturated rings. The van der Waals surface area contributed by atoms with Crippen molar-refractivity contribution in [1.82, 2.24) is 24.6 Å². The molecule has 0 aromatic carbocycles. The number of nitrogens with zero attached hydrogens (tertiary/aromatic N) is 6. The van der Waals surface area contributed by atoms with Crippen LogP contribution in [0.3, 0.4) is 0 Å². The van der Waals surface area contributed by atoms with E-state index in [-0.39, 0.29) is 0 Å². The van der Waals surface area contributed by atoms with Crippen molar-refractivity contribution in [2.75, 3.05) is 31.1 Å². The van der Waals surface area contributed by atoms with E-state index in [0.29, 0.717) is 0 Å². The minimum absolute atomic E-state index is 0.809. The molecule has 26 heavy (non-hydrogen) atoms. The number of hydrogen-bond acceptors (Lipinski definition) is 5. The third-order valence-corrected chi connectivity index (χ3v) is 6.64. The van der Waals surface area contributed by atoms with Crippen molar-refractivity contribution >= 4 is 5.82 Å². The summed E-state index contributed by atoms with van der Waals surface area (Å²) in [7, 11) is 0. The number of hydrogen-bond donors (Lipinski definition) is 0. The van der Waals surface area contributed by atoms with Gasteiger partial charge in [-0.15, -0.1) is 0 Å². The SMILES string of the molecule is Cc1cc(C)n(-c2cncc(N3CCN(C4CC5CCC4C5)CC3)n2)n1. The molecule has 3 unspecified atom stereocenters. The molecule has 2 saturated carbocycles. The van der Waals surface area contributed by atoms with Gasteiger partial charge in [-0.3, -0.25) is 9.88 Å². The van der Waals surface area contributed by atoms with E-state index in [1.165, 1.54) is 25.7 Å². The molecule has 0 radical (unpaired) electrons. The lowest BCUT2D eigenvalue weighted by atomic mass is 9.93. The van der Waals surface area contributed by atoms with E-state index in [9.17, 15) is 0 Å². The second-order valence-corrected chi connectivity index (χ2v) is 8.34. The molecule has 0 spiro atoms. The molecular weight excluding hydrogens is 324 g/mol. The van der Waals surface area contributed by atoms with E-state index in [1.807, 2.05) is 17.8 Å². The predicted molar refractivity (Wildman–Crippen MR) is 102 cm³/mol. The molecular formula is C20H28N6. The van der Waals surface area contributed by atoms with Gasteiger partial charge in [0.05, 0.1) is 18.1 Å². The summed E-state index contributed by atoms with van der Waals surface area (Å²) < 4.78 is 1.89. The van der Waals surface area contributed by atoms with Crippen LogP contribution in [0.25, 0.3) is 5.82 Å². The van der Waals surface area contributed by atoms with E-state index >= 15 is 0 Å². The van der Waals surface area contributed by atoms with Crippen LogP contribution in [0, 0.1) is 25.7 Å². The van der Waals surface area contributed by atoms with E-state index < -0.39 is 0 Å². The Morgan fingerprint density at radius 2 is 1.77 bits per heavy atom. The van der Waals surface area contributed by atoms with Crippen molar-refractivity contribution in [2.24, 2.45) is 11.8 Å². The van der Waals surface area contributed by atoms with Crippen LogP contribution in [-0.2, 0) is 0 Å². The highest BCUT2D eigenvalue weighted by molar-refractivity contribution is 5.40. The summed E-state index contributed by atoms with van der Waals surface area (Å²) >= 11 is 0. The average molecular weight is 352 g/mol. The third kappa shape index (κ3) is 2.80.